The quantitative estimate of drug-likeness (QED) is 0.136. The number of aliphatic hydroxyl groups is 2. The smallest absolute Gasteiger partial charge is 0.342 e. The number of allylic oxidation sites excluding steroid dienone is 2. The van der Waals surface area contributed by atoms with Gasteiger partial charge in [0.2, 0.25) is 5.91 Å². The predicted octanol–water partition coefficient (Wildman–Crippen LogP) is 1.84. The highest BCUT2D eigenvalue weighted by Gasteiger charge is 2.25. The predicted molar refractivity (Wildman–Crippen MR) is 138 cm³/mol. The number of ether oxygens (including phenoxy) is 2. The van der Waals surface area contributed by atoms with E-state index in [1.165, 1.54) is 56.0 Å². The molecule has 0 fully saturated rings. The summed E-state index contributed by atoms with van der Waals surface area (Å²) in [6.45, 7) is 1.16. The summed E-state index contributed by atoms with van der Waals surface area (Å²) in [6, 6.07) is 4.57. The molecular formula is C27H32N2O9. The number of hydrogen-bond acceptors (Lipinski definition) is 10. The lowest BCUT2D eigenvalue weighted by molar-refractivity contribution is -0.150. The van der Waals surface area contributed by atoms with Gasteiger partial charge in [0.15, 0.2) is 0 Å². The highest BCUT2D eigenvalue weighted by molar-refractivity contribution is 5.94. The van der Waals surface area contributed by atoms with Crippen LogP contribution in [-0.2, 0) is 30.3 Å². The molecule has 0 saturated heterocycles. The number of carbonyl (C=O) groups excluding carboxylic acids is 3. The molecule has 0 saturated carbocycles. The van der Waals surface area contributed by atoms with Crippen molar-refractivity contribution < 1.29 is 44.0 Å². The van der Waals surface area contributed by atoms with Crippen LogP contribution >= 0.6 is 0 Å². The second-order valence-corrected chi connectivity index (χ2v) is 8.18. The average molecular weight is 529 g/mol. The fraction of sp³-hybridized carbons (Fsp3) is 0.333. The van der Waals surface area contributed by atoms with Gasteiger partial charge in [0.1, 0.15) is 30.6 Å². The van der Waals surface area contributed by atoms with Crippen LogP contribution in [0.4, 0.5) is 0 Å². The Balaban J connectivity index is 2.28. The number of phenols is 1. The molecule has 0 aliphatic carbocycles. The van der Waals surface area contributed by atoms with Gasteiger partial charge >= 0.3 is 11.9 Å². The molecule has 11 nitrogen and oxygen atoms in total. The molecule has 0 spiro atoms. The van der Waals surface area contributed by atoms with Gasteiger partial charge < -0.3 is 34.9 Å². The number of nitrogens with one attached hydrogen (secondary N) is 1. The van der Waals surface area contributed by atoms with Crippen molar-refractivity contribution in [3.05, 3.63) is 77.6 Å². The summed E-state index contributed by atoms with van der Waals surface area (Å²) in [4.78, 5) is 41.9. The van der Waals surface area contributed by atoms with Crippen molar-refractivity contribution in [2.45, 2.75) is 44.5 Å². The van der Waals surface area contributed by atoms with Crippen LogP contribution in [0, 0.1) is 0 Å². The first-order chi connectivity index (χ1) is 18.2. The standard InChI is InChI=1S/C27H32N2O9/c1-18-10-11-19-6-3-8-23(32)26(19)27(35)38-20(7-4-14-28-24(33)9-5-15-29-36-2)16-25(34)37-21(17-30)12-13-22(18)31/h3-6,8-10,12-15,20-22,30-32H,7,11,16-17H2,1-2H3,(H,28,33)/b9-5-,13-12+,14-4+,18-10+,29-15+/t20?,21-,22+/m0/s1. The molecule has 4 N–H and O–H groups in total. The van der Waals surface area contributed by atoms with E-state index in [0.29, 0.717) is 11.1 Å². The fourth-order valence-electron chi connectivity index (χ4n) is 3.32. The van der Waals surface area contributed by atoms with Gasteiger partial charge in [0, 0.05) is 18.7 Å². The van der Waals surface area contributed by atoms with E-state index >= 15 is 0 Å². The van der Waals surface area contributed by atoms with Crippen molar-refractivity contribution in [1.82, 2.24) is 5.32 Å². The minimum atomic E-state index is -1.02. The number of benzene rings is 1. The van der Waals surface area contributed by atoms with Crippen LogP contribution in [0.2, 0.25) is 0 Å². The Morgan fingerprint density at radius 1 is 1.26 bits per heavy atom. The number of nitrogens with zero attached hydrogens (tertiary/aromatic N) is 1. The van der Waals surface area contributed by atoms with Crippen molar-refractivity contribution in [2.75, 3.05) is 13.7 Å². The SMILES string of the molecule is CO/N=C/C=C\C(=O)N/C=C/CC1CC(=O)O[C@H](CO)/C=C/[C@@H](O)/C(C)=C/Cc2cccc(O)c2C(=O)O1. The third-order valence-electron chi connectivity index (χ3n) is 5.32. The van der Waals surface area contributed by atoms with Crippen molar-refractivity contribution in [2.24, 2.45) is 5.16 Å². The minimum Gasteiger partial charge on any atom is -0.507 e. The lowest BCUT2D eigenvalue weighted by atomic mass is 10.0. The molecule has 0 aromatic heterocycles. The molecule has 204 valence electrons. The van der Waals surface area contributed by atoms with E-state index in [2.05, 4.69) is 15.3 Å². The maximum Gasteiger partial charge on any atom is 0.342 e. The van der Waals surface area contributed by atoms with Gasteiger partial charge in [0.05, 0.1) is 25.3 Å². The van der Waals surface area contributed by atoms with Crippen molar-refractivity contribution in [1.29, 1.82) is 0 Å². The van der Waals surface area contributed by atoms with Gasteiger partial charge in [-0.15, -0.1) is 0 Å². The van der Waals surface area contributed by atoms with Crippen LogP contribution in [0.25, 0.3) is 0 Å². The number of carbonyl (C=O) groups is 3. The highest BCUT2D eigenvalue weighted by atomic mass is 16.6. The molecule has 1 aliphatic heterocycles. The molecule has 11 heteroatoms. The Hall–Kier alpha value is -4.22. The Morgan fingerprint density at radius 3 is 2.79 bits per heavy atom. The zero-order valence-corrected chi connectivity index (χ0v) is 21.1. The molecule has 1 aliphatic rings. The third-order valence-corrected chi connectivity index (χ3v) is 5.32. The Kier molecular flexibility index (Phi) is 12.5. The maximum absolute atomic E-state index is 13.1. The van der Waals surface area contributed by atoms with E-state index in [0.717, 1.165) is 0 Å². The van der Waals surface area contributed by atoms with Crippen molar-refractivity contribution >= 4 is 24.1 Å². The summed E-state index contributed by atoms with van der Waals surface area (Å²) in [5, 5.41) is 36.3. The van der Waals surface area contributed by atoms with Crippen molar-refractivity contribution in [3.8, 4) is 5.75 Å². The summed E-state index contributed by atoms with van der Waals surface area (Å²) >= 11 is 0. The summed E-state index contributed by atoms with van der Waals surface area (Å²) in [5.41, 5.74) is 0.942. The molecule has 0 bridgehead atoms. The van der Waals surface area contributed by atoms with Gasteiger partial charge in [-0.05, 0) is 42.7 Å². The van der Waals surface area contributed by atoms with Gasteiger partial charge in [-0.25, -0.2) is 4.79 Å². The number of hydrogen-bond donors (Lipinski definition) is 4. The van der Waals surface area contributed by atoms with E-state index in [1.807, 2.05) is 0 Å². The highest BCUT2D eigenvalue weighted by Crippen LogP contribution is 2.25. The minimum absolute atomic E-state index is 0.0241. The first-order valence-corrected chi connectivity index (χ1v) is 11.8. The average Bonchev–Trinajstić information content (AvgIpc) is 2.89. The largest absolute Gasteiger partial charge is 0.507 e. The summed E-state index contributed by atoms with van der Waals surface area (Å²) < 4.78 is 10.8. The molecular weight excluding hydrogens is 496 g/mol. The number of rotatable bonds is 7. The van der Waals surface area contributed by atoms with Gasteiger partial charge in [-0.3, -0.25) is 9.59 Å². The van der Waals surface area contributed by atoms with Crippen LogP contribution < -0.4 is 5.32 Å². The fourth-order valence-corrected chi connectivity index (χ4v) is 3.32. The third kappa shape index (κ3) is 10.0. The maximum atomic E-state index is 13.1. The monoisotopic (exact) mass is 528 g/mol. The molecule has 1 amide bonds. The summed E-state index contributed by atoms with van der Waals surface area (Å²) in [6.07, 6.45) is 7.96. The lowest BCUT2D eigenvalue weighted by Crippen LogP contribution is -2.27. The topological polar surface area (TPSA) is 164 Å². The normalized spacial score (nSPS) is 23.6. The van der Waals surface area contributed by atoms with E-state index in [-0.39, 0.29) is 30.6 Å². The molecule has 1 aromatic carbocycles. The van der Waals surface area contributed by atoms with Crippen LogP contribution in [0.15, 0.2) is 71.6 Å². The van der Waals surface area contributed by atoms with Gasteiger partial charge in [0.25, 0.3) is 0 Å². The number of cyclic esters (lactones) is 2. The Labute approximate surface area is 220 Å². The molecule has 0 radical (unpaired) electrons. The van der Waals surface area contributed by atoms with Crippen LogP contribution in [-0.4, -0.2) is 71.4 Å². The Morgan fingerprint density at radius 2 is 2.05 bits per heavy atom. The second-order valence-electron chi connectivity index (χ2n) is 8.18. The number of fused-ring (bicyclic) bond motifs is 1. The van der Waals surface area contributed by atoms with E-state index in [9.17, 15) is 29.7 Å². The van der Waals surface area contributed by atoms with Crippen LogP contribution in [0.3, 0.4) is 0 Å². The molecule has 1 heterocycles. The van der Waals surface area contributed by atoms with Gasteiger partial charge in [-0.1, -0.05) is 35.5 Å². The second kappa shape index (κ2) is 15.8. The molecule has 3 atom stereocenters. The lowest BCUT2D eigenvalue weighted by Gasteiger charge is -2.19. The van der Waals surface area contributed by atoms with Gasteiger partial charge in [-0.2, -0.15) is 0 Å². The summed E-state index contributed by atoms with van der Waals surface area (Å²) in [7, 11) is 1.37. The first-order valence-electron chi connectivity index (χ1n) is 11.8. The van der Waals surface area contributed by atoms with E-state index in [1.54, 1.807) is 25.1 Å². The Bertz CT molecular complexity index is 1120. The first kappa shape index (κ1) is 30.0. The molecule has 2 rings (SSSR count). The number of oxime groups is 1. The van der Waals surface area contributed by atoms with E-state index < -0.39 is 42.8 Å². The molecule has 1 aromatic rings. The molecule has 1 unspecified atom stereocenters. The number of esters is 2. The molecule has 38 heavy (non-hydrogen) atoms. The zero-order chi connectivity index (χ0) is 27.9. The van der Waals surface area contributed by atoms with Crippen LogP contribution in [0.1, 0.15) is 35.7 Å². The zero-order valence-electron chi connectivity index (χ0n) is 21.1. The number of aliphatic hydroxyl groups excluding tert-OH is 2. The van der Waals surface area contributed by atoms with E-state index in [4.69, 9.17) is 9.47 Å². The number of amides is 1. The summed E-state index contributed by atoms with van der Waals surface area (Å²) in [5.74, 6) is -2.37. The number of phenolic OH excluding ortho intramolecular Hbond substituents is 1. The van der Waals surface area contributed by atoms with Crippen LogP contribution in [0.5, 0.6) is 5.75 Å². The van der Waals surface area contributed by atoms with Crippen molar-refractivity contribution in [3.63, 3.8) is 0 Å². The number of aromatic hydroxyl groups is 1.